The Morgan fingerprint density at radius 3 is 2.29 bits per heavy atom. The van der Waals surface area contributed by atoms with Gasteiger partial charge in [-0.3, -0.25) is 0 Å². The van der Waals surface area contributed by atoms with Crippen LogP contribution in [-0.2, 0) is 6.42 Å². The minimum absolute atomic E-state index is 0.670. The third kappa shape index (κ3) is 2.99. The Bertz CT molecular complexity index is 700. The van der Waals surface area contributed by atoms with Crippen LogP contribution in [-0.4, -0.2) is 20.6 Å². The second-order valence-electron chi connectivity index (χ2n) is 5.59. The molecule has 0 aliphatic rings. The molecule has 0 amide bonds. The summed E-state index contributed by atoms with van der Waals surface area (Å²) in [4.78, 5) is 0. The van der Waals surface area contributed by atoms with Crippen molar-refractivity contribution in [3.05, 3.63) is 54.1 Å². The monoisotopic (exact) mass is 278 g/mol. The molecular weight excluding hydrogens is 260 g/mol. The zero-order valence-corrected chi connectivity index (χ0v) is 12.2. The van der Waals surface area contributed by atoms with Crippen LogP contribution in [0.1, 0.15) is 19.4 Å². The van der Waals surface area contributed by atoms with E-state index in [9.17, 15) is 0 Å². The van der Waals surface area contributed by atoms with Gasteiger partial charge in [-0.2, -0.15) is 0 Å². The normalized spacial score (nSPS) is 11.0. The Morgan fingerprint density at radius 1 is 0.952 bits per heavy atom. The largest absolute Gasteiger partial charge is 0.239 e. The molecule has 0 unspecified atom stereocenters. The molecular formula is C17H18N4. The highest BCUT2D eigenvalue weighted by Crippen LogP contribution is 2.29. The predicted molar refractivity (Wildman–Crippen MR) is 83.6 cm³/mol. The topological polar surface area (TPSA) is 54.5 Å². The molecule has 0 spiro atoms. The van der Waals surface area contributed by atoms with Crippen molar-refractivity contribution in [3.63, 3.8) is 0 Å². The van der Waals surface area contributed by atoms with E-state index in [1.54, 1.807) is 0 Å². The van der Waals surface area contributed by atoms with Crippen LogP contribution in [0.3, 0.4) is 0 Å². The van der Waals surface area contributed by atoms with E-state index in [0.717, 1.165) is 17.5 Å². The van der Waals surface area contributed by atoms with E-state index in [1.807, 2.05) is 18.2 Å². The maximum atomic E-state index is 4.01. The van der Waals surface area contributed by atoms with E-state index in [-0.39, 0.29) is 0 Å². The summed E-state index contributed by atoms with van der Waals surface area (Å²) < 4.78 is 0. The summed E-state index contributed by atoms with van der Waals surface area (Å²) in [7, 11) is 0. The zero-order chi connectivity index (χ0) is 14.7. The highest BCUT2D eigenvalue weighted by Gasteiger charge is 2.09. The minimum Gasteiger partial charge on any atom is -0.239 e. The summed E-state index contributed by atoms with van der Waals surface area (Å²) in [6.45, 7) is 4.47. The summed E-state index contributed by atoms with van der Waals surface area (Å²) in [6.07, 6.45) is 1.11. The van der Waals surface area contributed by atoms with E-state index < -0.39 is 0 Å². The Labute approximate surface area is 124 Å². The second kappa shape index (κ2) is 5.87. The fraction of sp³-hybridized carbons (Fsp3) is 0.235. The molecule has 1 N–H and O–H groups in total. The smallest absolute Gasteiger partial charge is 0.180 e. The van der Waals surface area contributed by atoms with Gasteiger partial charge in [-0.25, -0.2) is 5.10 Å². The highest BCUT2D eigenvalue weighted by atomic mass is 15.5. The third-order valence-electron chi connectivity index (χ3n) is 3.44. The third-order valence-corrected chi connectivity index (χ3v) is 3.44. The molecule has 0 aliphatic carbocycles. The molecule has 0 radical (unpaired) electrons. The van der Waals surface area contributed by atoms with Crippen LogP contribution in [0.5, 0.6) is 0 Å². The lowest BCUT2D eigenvalue weighted by molar-refractivity contribution is 0.647. The lowest BCUT2D eigenvalue weighted by Crippen LogP contribution is -1.94. The maximum Gasteiger partial charge on any atom is 0.180 e. The Morgan fingerprint density at radius 2 is 1.67 bits per heavy atom. The van der Waals surface area contributed by atoms with Gasteiger partial charge in [0.1, 0.15) is 0 Å². The summed E-state index contributed by atoms with van der Waals surface area (Å²) in [5.74, 6) is 1.36. The van der Waals surface area contributed by atoms with Crippen molar-refractivity contribution in [2.45, 2.75) is 20.3 Å². The van der Waals surface area contributed by atoms with Gasteiger partial charge in [0.15, 0.2) is 5.82 Å². The number of benzene rings is 2. The number of tetrazole rings is 1. The van der Waals surface area contributed by atoms with E-state index in [2.05, 4.69) is 64.8 Å². The fourth-order valence-corrected chi connectivity index (χ4v) is 2.51. The van der Waals surface area contributed by atoms with Gasteiger partial charge in [-0.15, -0.1) is 5.10 Å². The molecule has 3 aromatic rings. The molecule has 2 aromatic carbocycles. The van der Waals surface area contributed by atoms with Crippen LogP contribution in [0, 0.1) is 5.92 Å². The quantitative estimate of drug-likeness (QED) is 0.791. The lowest BCUT2D eigenvalue weighted by Gasteiger charge is -2.09. The van der Waals surface area contributed by atoms with Crippen LogP contribution in [0.2, 0.25) is 0 Å². The minimum atomic E-state index is 0.670. The number of nitrogens with zero attached hydrogens (tertiary/aromatic N) is 3. The van der Waals surface area contributed by atoms with Crippen LogP contribution in [0.4, 0.5) is 0 Å². The van der Waals surface area contributed by atoms with Gasteiger partial charge >= 0.3 is 0 Å². The first kappa shape index (κ1) is 13.5. The number of rotatable bonds is 4. The first-order valence-corrected chi connectivity index (χ1v) is 7.16. The lowest BCUT2D eigenvalue weighted by atomic mass is 9.96. The van der Waals surface area contributed by atoms with E-state index >= 15 is 0 Å². The number of aromatic nitrogens is 4. The number of hydrogen-bond acceptors (Lipinski definition) is 3. The Balaban J connectivity index is 1.97. The number of hydrogen-bond donors (Lipinski definition) is 1. The van der Waals surface area contributed by atoms with Crippen molar-refractivity contribution >= 4 is 0 Å². The Kier molecular flexibility index (Phi) is 3.77. The number of nitrogens with one attached hydrogen (secondary N) is 1. The van der Waals surface area contributed by atoms with E-state index in [1.165, 1.54) is 11.1 Å². The van der Waals surface area contributed by atoms with Gasteiger partial charge in [0.2, 0.25) is 0 Å². The molecule has 4 nitrogen and oxygen atoms in total. The molecule has 0 fully saturated rings. The standard InChI is InChI=1S/C17H18N4/c1-12(2)11-13-7-9-14(10-8-13)15-5-3-4-6-16(15)17-18-20-21-19-17/h3-10,12H,11H2,1-2H3,(H,18,19,20,21). The van der Waals surface area contributed by atoms with Crippen LogP contribution in [0.15, 0.2) is 48.5 Å². The van der Waals surface area contributed by atoms with Crippen molar-refractivity contribution in [2.75, 3.05) is 0 Å². The SMILES string of the molecule is CC(C)Cc1ccc(-c2ccccc2-c2nnn[nH]2)cc1. The van der Waals surface area contributed by atoms with Crippen molar-refractivity contribution < 1.29 is 0 Å². The molecule has 4 heteroatoms. The highest BCUT2D eigenvalue weighted by molar-refractivity contribution is 5.80. The average molecular weight is 278 g/mol. The summed E-state index contributed by atoms with van der Waals surface area (Å²) in [5.41, 5.74) is 4.69. The van der Waals surface area contributed by atoms with Gasteiger partial charge < -0.3 is 0 Å². The van der Waals surface area contributed by atoms with E-state index in [0.29, 0.717) is 11.7 Å². The van der Waals surface area contributed by atoms with Crippen molar-refractivity contribution in [2.24, 2.45) is 5.92 Å². The van der Waals surface area contributed by atoms with Gasteiger partial charge in [0.05, 0.1) is 0 Å². The van der Waals surface area contributed by atoms with Crippen molar-refractivity contribution in [1.29, 1.82) is 0 Å². The first-order valence-electron chi connectivity index (χ1n) is 7.16. The average Bonchev–Trinajstić information content (AvgIpc) is 3.02. The Hall–Kier alpha value is -2.49. The first-order chi connectivity index (χ1) is 10.2. The van der Waals surface area contributed by atoms with Crippen LogP contribution in [0.25, 0.3) is 22.5 Å². The van der Waals surface area contributed by atoms with Gasteiger partial charge in [0.25, 0.3) is 0 Å². The van der Waals surface area contributed by atoms with Crippen molar-refractivity contribution in [1.82, 2.24) is 20.6 Å². The molecule has 0 bridgehead atoms. The molecule has 3 rings (SSSR count). The predicted octanol–water partition coefficient (Wildman–Crippen LogP) is 3.73. The number of aromatic amines is 1. The van der Waals surface area contributed by atoms with Gasteiger partial charge in [-0.05, 0) is 39.5 Å². The van der Waals surface area contributed by atoms with Crippen LogP contribution >= 0.6 is 0 Å². The molecule has 0 atom stereocenters. The van der Waals surface area contributed by atoms with Gasteiger partial charge in [-0.1, -0.05) is 62.4 Å². The van der Waals surface area contributed by atoms with Crippen molar-refractivity contribution in [3.8, 4) is 22.5 Å². The molecule has 1 heterocycles. The van der Waals surface area contributed by atoms with Gasteiger partial charge in [0, 0.05) is 5.56 Å². The van der Waals surface area contributed by atoms with E-state index in [4.69, 9.17) is 0 Å². The molecule has 0 saturated carbocycles. The molecule has 21 heavy (non-hydrogen) atoms. The molecule has 1 aromatic heterocycles. The zero-order valence-electron chi connectivity index (χ0n) is 12.2. The molecule has 106 valence electrons. The second-order valence-corrected chi connectivity index (χ2v) is 5.59. The summed E-state index contributed by atoms with van der Waals surface area (Å²) in [5, 5.41) is 14.2. The molecule has 0 saturated heterocycles. The van der Waals surface area contributed by atoms with Crippen LogP contribution < -0.4 is 0 Å². The summed E-state index contributed by atoms with van der Waals surface area (Å²) >= 11 is 0. The fourth-order valence-electron chi connectivity index (χ4n) is 2.51. The maximum absolute atomic E-state index is 4.01. The molecule has 0 aliphatic heterocycles. The number of H-pyrrole nitrogens is 1. The summed E-state index contributed by atoms with van der Waals surface area (Å²) in [6, 6.07) is 16.9.